The van der Waals surface area contributed by atoms with Crippen molar-refractivity contribution in [1.29, 1.82) is 0 Å². The van der Waals surface area contributed by atoms with Gasteiger partial charge in [0.15, 0.2) is 0 Å². The van der Waals surface area contributed by atoms with Gasteiger partial charge in [0.25, 0.3) is 0 Å². The largest absolute Gasteiger partial charge is 0.205 e. The second-order valence-corrected chi connectivity index (χ2v) is 4.96. The van der Waals surface area contributed by atoms with Crippen LogP contribution < -0.4 is 0 Å². The third-order valence-electron chi connectivity index (χ3n) is 1.97. The fourth-order valence-corrected chi connectivity index (χ4v) is 1.23. The van der Waals surface area contributed by atoms with Gasteiger partial charge >= 0.3 is 0 Å². The minimum absolute atomic E-state index is 0.159. The lowest BCUT2D eigenvalue weighted by Gasteiger charge is -2.03. The molecular weight excluding hydrogens is 266 g/mol. The zero-order chi connectivity index (χ0) is 10.7. The molecule has 0 amide bonds. The van der Waals surface area contributed by atoms with Crippen molar-refractivity contribution in [1.82, 2.24) is 0 Å². The van der Waals surface area contributed by atoms with Crippen molar-refractivity contribution in [2.24, 2.45) is 0 Å². The van der Waals surface area contributed by atoms with Gasteiger partial charge < -0.3 is 0 Å². The Bertz CT molecular complexity index is 358. The molecule has 0 radical (unpaired) electrons. The molecule has 14 heavy (non-hydrogen) atoms. The Labute approximate surface area is 96.9 Å². The highest BCUT2D eigenvalue weighted by atomic mass is 79.9. The maximum Gasteiger partial charge on any atom is 0.142 e. The summed E-state index contributed by atoms with van der Waals surface area (Å²) < 4.78 is 13.1. The smallest absolute Gasteiger partial charge is 0.142 e. The molecule has 0 aromatic heterocycles. The minimum Gasteiger partial charge on any atom is -0.205 e. The van der Waals surface area contributed by atoms with Crippen LogP contribution in [-0.2, 0) is 0 Å². The van der Waals surface area contributed by atoms with Crippen molar-refractivity contribution in [2.45, 2.75) is 18.7 Å². The number of benzene rings is 1. The highest BCUT2D eigenvalue weighted by molar-refractivity contribution is 9.09. The van der Waals surface area contributed by atoms with E-state index in [9.17, 15) is 4.39 Å². The first kappa shape index (κ1) is 11.7. The summed E-state index contributed by atoms with van der Waals surface area (Å²) in [5.74, 6) is -0.379. The van der Waals surface area contributed by atoms with E-state index in [0.717, 1.165) is 11.1 Å². The second-order valence-electron chi connectivity index (χ2n) is 3.18. The van der Waals surface area contributed by atoms with Crippen LogP contribution >= 0.6 is 27.5 Å². The van der Waals surface area contributed by atoms with E-state index < -0.39 is 0 Å². The first-order valence-electron chi connectivity index (χ1n) is 4.28. The predicted molar refractivity (Wildman–Crippen MR) is 63.5 cm³/mol. The Balaban J connectivity index is 2.98. The summed E-state index contributed by atoms with van der Waals surface area (Å²) in [6.07, 6.45) is 1.93. The van der Waals surface area contributed by atoms with Crippen LogP contribution in [0.2, 0.25) is 5.02 Å². The predicted octanol–water partition coefficient (Wildman–Crippen LogP) is 4.67. The number of allylic oxidation sites excluding steroid dienone is 1. The van der Waals surface area contributed by atoms with Crippen LogP contribution in [0, 0.1) is 5.82 Å². The van der Waals surface area contributed by atoms with Crippen molar-refractivity contribution < 1.29 is 4.39 Å². The Morgan fingerprint density at radius 3 is 2.71 bits per heavy atom. The summed E-state index contributed by atoms with van der Waals surface area (Å²) in [6, 6.07) is 4.79. The molecule has 1 unspecified atom stereocenters. The molecular formula is C11H11BrClF. The lowest BCUT2D eigenvalue weighted by Crippen LogP contribution is -1.91. The van der Waals surface area contributed by atoms with E-state index in [0.29, 0.717) is 4.83 Å². The zero-order valence-corrected chi connectivity index (χ0v) is 10.4. The summed E-state index contributed by atoms with van der Waals surface area (Å²) in [5, 5.41) is 0.159. The Morgan fingerprint density at radius 1 is 1.57 bits per heavy atom. The second kappa shape index (κ2) is 4.94. The average molecular weight is 278 g/mol. The average Bonchev–Trinajstić information content (AvgIpc) is 2.11. The number of hydrogen-bond acceptors (Lipinski definition) is 0. The molecule has 1 aromatic rings. The van der Waals surface area contributed by atoms with Crippen LogP contribution in [-0.4, -0.2) is 4.83 Å². The molecule has 0 fully saturated rings. The third-order valence-corrected chi connectivity index (χ3v) is 2.99. The lowest BCUT2D eigenvalue weighted by molar-refractivity contribution is 0.628. The molecule has 0 heterocycles. The van der Waals surface area contributed by atoms with Crippen molar-refractivity contribution in [3.05, 3.63) is 40.2 Å². The zero-order valence-electron chi connectivity index (χ0n) is 8.02. The summed E-state index contributed by atoms with van der Waals surface area (Å²) >= 11 is 9.02. The summed E-state index contributed by atoms with van der Waals surface area (Å²) in [5.41, 5.74) is 1.97. The van der Waals surface area contributed by atoms with Crippen molar-refractivity contribution in [3.8, 4) is 0 Å². The molecule has 0 aliphatic rings. The molecule has 0 aliphatic heterocycles. The fourth-order valence-electron chi connectivity index (χ4n) is 0.980. The van der Waals surface area contributed by atoms with Crippen LogP contribution in [0.1, 0.15) is 19.4 Å². The standard InChI is InChI=1S/C11H11BrClF/c1-7(8(2)12)5-9-3-4-10(13)11(14)6-9/h3-6,8H,1-2H3/b7-5+. The van der Waals surface area contributed by atoms with Gasteiger partial charge in [-0.05, 0) is 31.5 Å². The number of halogens is 3. The molecule has 0 N–H and O–H groups in total. The maximum absolute atomic E-state index is 13.1. The normalized spacial score (nSPS) is 14.2. The summed E-state index contributed by atoms with van der Waals surface area (Å²) in [6.45, 7) is 4.02. The molecule has 0 saturated carbocycles. The third kappa shape index (κ3) is 3.10. The van der Waals surface area contributed by atoms with Crippen LogP contribution in [0.25, 0.3) is 6.08 Å². The van der Waals surface area contributed by atoms with E-state index in [-0.39, 0.29) is 10.8 Å². The molecule has 0 aliphatic carbocycles. The van der Waals surface area contributed by atoms with E-state index in [1.807, 2.05) is 19.9 Å². The van der Waals surface area contributed by atoms with Crippen LogP contribution in [0.4, 0.5) is 4.39 Å². The highest BCUT2D eigenvalue weighted by Crippen LogP contribution is 2.19. The fraction of sp³-hybridized carbons (Fsp3) is 0.273. The monoisotopic (exact) mass is 276 g/mol. The Kier molecular flexibility index (Phi) is 4.14. The van der Waals surface area contributed by atoms with Crippen LogP contribution in [0.5, 0.6) is 0 Å². The topological polar surface area (TPSA) is 0 Å². The first-order chi connectivity index (χ1) is 6.50. The van der Waals surface area contributed by atoms with E-state index >= 15 is 0 Å². The van der Waals surface area contributed by atoms with Gasteiger partial charge in [0.2, 0.25) is 0 Å². The first-order valence-corrected chi connectivity index (χ1v) is 5.57. The van der Waals surface area contributed by atoms with Gasteiger partial charge in [-0.15, -0.1) is 0 Å². The summed E-state index contributed by atoms with van der Waals surface area (Å²) in [7, 11) is 0. The maximum atomic E-state index is 13.1. The quantitative estimate of drug-likeness (QED) is 0.689. The lowest BCUT2D eigenvalue weighted by atomic mass is 10.1. The van der Waals surface area contributed by atoms with Crippen molar-refractivity contribution in [3.63, 3.8) is 0 Å². The Morgan fingerprint density at radius 2 is 2.21 bits per heavy atom. The molecule has 1 rings (SSSR count). The molecule has 0 spiro atoms. The molecule has 3 heteroatoms. The molecule has 1 atom stereocenters. The van der Waals surface area contributed by atoms with Gasteiger partial charge in [-0.25, -0.2) is 4.39 Å². The molecule has 76 valence electrons. The minimum atomic E-state index is -0.379. The number of rotatable bonds is 2. The van der Waals surface area contributed by atoms with Gasteiger partial charge in [0.1, 0.15) is 5.82 Å². The van der Waals surface area contributed by atoms with Crippen molar-refractivity contribution >= 4 is 33.6 Å². The molecule has 1 aromatic carbocycles. The summed E-state index contributed by atoms with van der Waals surface area (Å²) in [4.78, 5) is 0.293. The van der Waals surface area contributed by atoms with Gasteiger partial charge in [-0.2, -0.15) is 0 Å². The molecule has 0 nitrogen and oxygen atoms in total. The number of hydrogen-bond donors (Lipinski definition) is 0. The van der Waals surface area contributed by atoms with E-state index in [1.165, 1.54) is 6.07 Å². The van der Waals surface area contributed by atoms with E-state index in [1.54, 1.807) is 12.1 Å². The SMILES string of the molecule is C/C(=C\c1ccc(Cl)c(F)c1)C(C)Br. The molecule has 0 saturated heterocycles. The van der Waals surface area contributed by atoms with Gasteiger partial charge in [-0.1, -0.05) is 45.2 Å². The van der Waals surface area contributed by atoms with Crippen molar-refractivity contribution in [2.75, 3.05) is 0 Å². The Hall–Kier alpha value is -0.340. The van der Waals surface area contributed by atoms with Gasteiger partial charge in [0, 0.05) is 4.83 Å². The van der Waals surface area contributed by atoms with E-state index in [2.05, 4.69) is 15.9 Å². The highest BCUT2D eigenvalue weighted by Gasteiger charge is 2.01. The number of alkyl halides is 1. The van der Waals surface area contributed by atoms with Crippen LogP contribution in [0.3, 0.4) is 0 Å². The molecule has 0 bridgehead atoms. The van der Waals surface area contributed by atoms with Crippen LogP contribution in [0.15, 0.2) is 23.8 Å². The van der Waals surface area contributed by atoms with Gasteiger partial charge in [-0.3, -0.25) is 0 Å². The van der Waals surface area contributed by atoms with Gasteiger partial charge in [0.05, 0.1) is 5.02 Å². The van der Waals surface area contributed by atoms with E-state index in [4.69, 9.17) is 11.6 Å².